The van der Waals surface area contributed by atoms with E-state index in [1.165, 1.54) is 5.56 Å². The summed E-state index contributed by atoms with van der Waals surface area (Å²) in [7, 11) is 0. The molecule has 1 heterocycles. The maximum Gasteiger partial charge on any atom is 0.268 e. The number of hydrogen-bond donors (Lipinski definition) is 3. The van der Waals surface area contributed by atoms with Crippen molar-refractivity contribution < 1.29 is 9.90 Å². The average Bonchev–Trinajstić information content (AvgIpc) is 2.84. The first-order chi connectivity index (χ1) is 10.5. The molecule has 4 heteroatoms. The lowest BCUT2D eigenvalue weighted by Gasteiger charge is -2.34. The largest absolute Gasteiger partial charge is 0.383 e. The molecule has 0 radical (unpaired) electrons. The Hall–Kier alpha value is -2.07. The number of rotatable bonds is 3. The van der Waals surface area contributed by atoms with Crippen LogP contribution in [0.3, 0.4) is 0 Å². The van der Waals surface area contributed by atoms with Crippen LogP contribution in [0.15, 0.2) is 30.3 Å². The van der Waals surface area contributed by atoms with Crippen LogP contribution in [0.2, 0.25) is 0 Å². The number of carbonyl (C=O) groups is 1. The highest BCUT2D eigenvalue weighted by Gasteiger charge is 2.34. The zero-order chi connectivity index (χ0) is 15.7. The predicted molar refractivity (Wildman–Crippen MR) is 85.9 cm³/mol. The highest BCUT2D eigenvalue weighted by atomic mass is 16.3. The number of benzene rings is 1. The van der Waals surface area contributed by atoms with Crippen molar-refractivity contribution >= 4 is 5.91 Å². The maximum absolute atomic E-state index is 12.3. The van der Waals surface area contributed by atoms with Gasteiger partial charge in [-0.2, -0.15) is 0 Å². The summed E-state index contributed by atoms with van der Waals surface area (Å²) in [6.45, 7) is 4.07. The molecule has 1 aromatic heterocycles. The van der Waals surface area contributed by atoms with Crippen LogP contribution in [0.1, 0.15) is 45.7 Å². The minimum absolute atomic E-state index is 0.165. The molecule has 4 nitrogen and oxygen atoms in total. The van der Waals surface area contributed by atoms with Crippen molar-refractivity contribution in [2.75, 3.05) is 6.54 Å². The molecule has 22 heavy (non-hydrogen) atoms. The van der Waals surface area contributed by atoms with Gasteiger partial charge in [-0.25, -0.2) is 0 Å². The Bertz CT molecular complexity index is 705. The summed E-state index contributed by atoms with van der Waals surface area (Å²) in [5.41, 5.74) is 3.61. The number of carbonyl (C=O) groups excluding carboxylic acids is 1. The molecule has 116 valence electrons. The molecule has 0 fully saturated rings. The minimum Gasteiger partial charge on any atom is -0.383 e. The van der Waals surface area contributed by atoms with E-state index in [2.05, 4.69) is 16.4 Å². The fraction of sp³-hybridized carbons (Fsp3) is 0.389. The molecule has 1 amide bonds. The van der Waals surface area contributed by atoms with Gasteiger partial charge in [-0.15, -0.1) is 0 Å². The number of aliphatic hydroxyl groups is 1. The van der Waals surface area contributed by atoms with E-state index < -0.39 is 5.60 Å². The molecule has 0 bridgehead atoms. The highest BCUT2D eigenvalue weighted by molar-refractivity contribution is 5.94. The second-order valence-electron chi connectivity index (χ2n) is 6.24. The fourth-order valence-electron chi connectivity index (χ4n) is 3.36. The number of fused-ring (bicyclic) bond motifs is 1. The molecule has 0 spiro atoms. The number of aryl methyl sites for hydroxylation is 3. The van der Waals surface area contributed by atoms with Gasteiger partial charge in [0.05, 0.1) is 6.54 Å². The summed E-state index contributed by atoms with van der Waals surface area (Å²) in [5, 5.41) is 13.9. The summed E-state index contributed by atoms with van der Waals surface area (Å²) >= 11 is 0. The third-order valence-corrected chi connectivity index (χ3v) is 4.47. The zero-order valence-corrected chi connectivity index (χ0v) is 13.1. The molecule has 1 atom stereocenters. The Balaban J connectivity index is 1.76. The van der Waals surface area contributed by atoms with Crippen LogP contribution in [0.4, 0.5) is 0 Å². The second kappa shape index (κ2) is 5.61. The molecule has 1 aliphatic rings. The van der Waals surface area contributed by atoms with Crippen molar-refractivity contribution in [1.29, 1.82) is 0 Å². The lowest BCUT2D eigenvalue weighted by molar-refractivity contribution is 0.0189. The summed E-state index contributed by atoms with van der Waals surface area (Å²) in [5.74, 6) is -0.165. The summed E-state index contributed by atoms with van der Waals surface area (Å²) in [6.07, 6.45) is 2.60. The molecule has 1 aromatic carbocycles. The summed E-state index contributed by atoms with van der Waals surface area (Å²) in [4.78, 5) is 15.4. The van der Waals surface area contributed by atoms with Gasteiger partial charge >= 0.3 is 0 Å². The van der Waals surface area contributed by atoms with Gasteiger partial charge in [0.15, 0.2) is 0 Å². The molecular formula is C18H22N2O2. The smallest absolute Gasteiger partial charge is 0.268 e. The van der Waals surface area contributed by atoms with Gasteiger partial charge in [0.1, 0.15) is 11.3 Å². The van der Waals surface area contributed by atoms with Gasteiger partial charge in [0.25, 0.3) is 5.91 Å². The van der Waals surface area contributed by atoms with Crippen LogP contribution in [-0.2, 0) is 12.0 Å². The normalized spacial score (nSPS) is 20.5. The maximum atomic E-state index is 12.3. The van der Waals surface area contributed by atoms with Crippen molar-refractivity contribution in [2.45, 2.75) is 38.7 Å². The highest BCUT2D eigenvalue weighted by Crippen LogP contribution is 2.34. The van der Waals surface area contributed by atoms with Crippen molar-refractivity contribution in [3.8, 4) is 0 Å². The zero-order valence-electron chi connectivity index (χ0n) is 13.1. The first kappa shape index (κ1) is 14.9. The molecule has 1 aliphatic carbocycles. The molecule has 0 saturated heterocycles. The van der Waals surface area contributed by atoms with Crippen LogP contribution >= 0.6 is 0 Å². The van der Waals surface area contributed by atoms with Gasteiger partial charge < -0.3 is 15.4 Å². The van der Waals surface area contributed by atoms with E-state index in [1.807, 2.05) is 38.1 Å². The minimum atomic E-state index is -0.972. The second-order valence-corrected chi connectivity index (χ2v) is 6.24. The van der Waals surface area contributed by atoms with Gasteiger partial charge in [0.2, 0.25) is 0 Å². The first-order valence-electron chi connectivity index (χ1n) is 7.75. The molecular weight excluding hydrogens is 276 g/mol. The van der Waals surface area contributed by atoms with Gasteiger partial charge in [-0.05, 0) is 55.9 Å². The Morgan fingerprint density at radius 3 is 2.86 bits per heavy atom. The van der Waals surface area contributed by atoms with E-state index in [9.17, 15) is 9.90 Å². The molecule has 0 saturated carbocycles. The molecule has 3 rings (SSSR count). The predicted octanol–water partition coefficient (Wildman–Crippen LogP) is 2.59. The summed E-state index contributed by atoms with van der Waals surface area (Å²) in [6, 6.07) is 9.90. The van der Waals surface area contributed by atoms with Crippen molar-refractivity contribution in [2.24, 2.45) is 0 Å². The van der Waals surface area contributed by atoms with Crippen LogP contribution in [0, 0.1) is 13.8 Å². The number of aromatic nitrogens is 1. The summed E-state index contributed by atoms with van der Waals surface area (Å²) < 4.78 is 0. The van der Waals surface area contributed by atoms with Crippen LogP contribution < -0.4 is 5.32 Å². The molecule has 3 N–H and O–H groups in total. The monoisotopic (exact) mass is 298 g/mol. The van der Waals surface area contributed by atoms with Crippen molar-refractivity contribution in [3.63, 3.8) is 0 Å². The Labute approximate surface area is 130 Å². The molecule has 1 unspecified atom stereocenters. The van der Waals surface area contributed by atoms with Crippen LogP contribution in [-0.4, -0.2) is 22.5 Å². The van der Waals surface area contributed by atoms with Gasteiger partial charge in [-0.1, -0.05) is 24.3 Å². The SMILES string of the molecule is Cc1cc(C)c(C(=O)NCC2(O)CCCc3ccccc32)[nH]1. The van der Waals surface area contributed by atoms with E-state index in [1.54, 1.807) is 0 Å². The third-order valence-electron chi connectivity index (χ3n) is 4.47. The van der Waals surface area contributed by atoms with Crippen molar-refractivity contribution in [1.82, 2.24) is 10.3 Å². The van der Waals surface area contributed by atoms with Gasteiger partial charge in [-0.3, -0.25) is 4.79 Å². The number of H-pyrrole nitrogens is 1. The van der Waals surface area contributed by atoms with E-state index in [4.69, 9.17) is 0 Å². The fourth-order valence-corrected chi connectivity index (χ4v) is 3.36. The topological polar surface area (TPSA) is 65.1 Å². The van der Waals surface area contributed by atoms with E-state index in [-0.39, 0.29) is 12.5 Å². The standard InChI is InChI=1S/C18H22N2O2/c1-12-10-13(2)20-16(12)17(21)19-11-18(22)9-5-7-14-6-3-4-8-15(14)18/h3-4,6,8,10,20,22H,5,7,9,11H2,1-2H3,(H,19,21). The number of amides is 1. The van der Waals surface area contributed by atoms with Crippen molar-refractivity contribution in [3.05, 3.63) is 58.4 Å². The van der Waals surface area contributed by atoms with Gasteiger partial charge in [0, 0.05) is 5.69 Å². The lowest BCUT2D eigenvalue weighted by Crippen LogP contribution is -2.43. The van der Waals surface area contributed by atoms with Crippen LogP contribution in [0.25, 0.3) is 0 Å². The third kappa shape index (κ3) is 2.66. The lowest BCUT2D eigenvalue weighted by atomic mass is 9.79. The number of hydrogen-bond acceptors (Lipinski definition) is 2. The quantitative estimate of drug-likeness (QED) is 0.815. The van der Waals surface area contributed by atoms with E-state index in [0.29, 0.717) is 12.1 Å². The molecule has 2 aromatic rings. The molecule has 0 aliphatic heterocycles. The van der Waals surface area contributed by atoms with E-state index >= 15 is 0 Å². The van der Waals surface area contributed by atoms with E-state index in [0.717, 1.165) is 29.7 Å². The Kier molecular flexibility index (Phi) is 3.79. The average molecular weight is 298 g/mol. The number of nitrogens with one attached hydrogen (secondary N) is 2. The Morgan fingerprint density at radius 2 is 2.14 bits per heavy atom. The number of aromatic amines is 1. The Morgan fingerprint density at radius 1 is 1.36 bits per heavy atom. The first-order valence-corrected chi connectivity index (χ1v) is 7.75. The van der Waals surface area contributed by atoms with Crippen LogP contribution in [0.5, 0.6) is 0 Å².